The van der Waals surface area contributed by atoms with Crippen LogP contribution in [0.15, 0.2) is 0 Å². The predicted octanol–water partition coefficient (Wildman–Crippen LogP) is -0.0214. The molecule has 0 radical (unpaired) electrons. The molecule has 1 fully saturated rings. The Kier molecular flexibility index (Phi) is 2.91. The van der Waals surface area contributed by atoms with E-state index in [4.69, 9.17) is 15.3 Å². The van der Waals surface area contributed by atoms with Crippen LogP contribution in [0.4, 0.5) is 13.6 Å². The van der Waals surface area contributed by atoms with E-state index in [1.54, 1.807) is 0 Å². The number of nitrogens with one attached hydrogen (secondary N) is 1. The number of carbonyl (C=O) groups is 1. The van der Waals surface area contributed by atoms with Crippen molar-refractivity contribution in [3.8, 4) is 0 Å². The van der Waals surface area contributed by atoms with Gasteiger partial charge in [-0.05, 0) is 12.8 Å². The molecule has 0 bridgehead atoms. The van der Waals surface area contributed by atoms with Gasteiger partial charge in [-0.2, -0.15) is 0 Å². The minimum absolute atomic E-state index is 0.255. The molecule has 2 atom stereocenters. The van der Waals surface area contributed by atoms with Gasteiger partial charge in [-0.1, -0.05) is 0 Å². The molecule has 0 aromatic heterocycles. The van der Waals surface area contributed by atoms with Crippen molar-refractivity contribution in [2.24, 2.45) is 5.41 Å². The fourth-order valence-electron chi connectivity index (χ4n) is 1.64. The third kappa shape index (κ3) is 1.78. The zero-order valence-electron chi connectivity index (χ0n) is 7.15. The fraction of sp³-hybridized carbons (Fsp3) is 0.857. The molecule has 1 rings (SSSR count). The summed E-state index contributed by atoms with van der Waals surface area (Å²) in [6.45, 7) is 0. The molecule has 0 heterocycles. The summed E-state index contributed by atoms with van der Waals surface area (Å²) in [5, 5.41) is 27.5. The number of aliphatic hydroxyl groups is 2. The SMILES string of the molecule is O=C(O)NC1CC(C(O)F)(C(O)F)C1. The van der Waals surface area contributed by atoms with Crippen molar-refractivity contribution in [1.29, 1.82) is 0 Å². The Labute approximate surface area is 78.3 Å². The topological polar surface area (TPSA) is 89.8 Å². The van der Waals surface area contributed by atoms with Crippen LogP contribution in [0.25, 0.3) is 0 Å². The first-order chi connectivity index (χ1) is 6.38. The second kappa shape index (κ2) is 3.66. The monoisotopic (exact) mass is 211 g/mol. The van der Waals surface area contributed by atoms with Crippen molar-refractivity contribution in [1.82, 2.24) is 5.32 Å². The number of halogens is 2. The Hall–Kier alpha value is -0.950. The van der Waals surface area contributed by atoms with Gasteiger partial charge in [0.25, 0.3) is 0 Å². The van der Waals surface area contributed by atoms with Crippen molar-refractivity contribution in [2.45, 2.75) is 31.6 Å². The highest BCUT2D eigenvalue weighted by Crippen LogP contribution is 2.47. The minimum Gasteiger partial charge on any atom is -0.465 e. The molecule has 1 aliphatic rings. The summed E-state index contributed by atoms with van der Waals surface area (Å²) >= 11 is 0. The lowest BCUT2D eigenvalue weighted by molar-refractivity contribution is -0.219. The third-order valence-corrected chi connectivity index (χ3v) is 2.53. The highest BCUT2D eigenvalue weighted by molar-refractivity contribution is 5.65. The van der Waals surface area contributed by atoms with Crippen LogP contribution in [0.3, 0.4) is 0 Å². The maximum absolute atomic E-state index is 12.5. The second-order valence-electron chi connectivity index (χ2n) is 3.46. The Balaban J connectivity index is 2.52. The van der Waals surface area contributed by atoms with Crippen LogP contribution in [0.5, 0.6) is 0 Å². The maximum atomic E-state index is 12.5. The van der Waals surface area contributed by atoms with Gasteiger partial charge in [-0.25, -0.2) is 13.6 Å². The van der Waals surface area contributed by atoms with Gasteiger partial charge in [0.1, 0.15) is 0 Å². The van der Waals surface area contributed by atoms with Crippen LogP contribution < -0.4 is 5.32 Å². The number of hydrogen-bond donors (Lipinski definition) is 4. The molecular weight excluding hydrogens is 200 g/mol. The first-order valence-corrected chi connectivity index (χ1v) is 4.02. The Morgan fingerprint density at radius 3 is 2.07 bits per heavy atom. The highest BCUT2D eigenvalue weighted by atomic mass is 19.2. The summed E-state index contributed by atoms with van der Waals surface area (Å²) < 4.78 is 25.1. The van der Waals surface area contributed by atoms with Gasteiger partial charge in [0.05, 0.1) is 5.41 Å². The van der Waals surface area contributed by atoms with Crippen LogP contribution in [0.2, 0.25) is 0 Å². The molecule has 4 N–H and O–H groups in total. The van der Waals surface area contributed by atoms with Crippen molar-refractivity contribution >= 4 is 6.09 Å². The third-order valence-electron chi connectivity index (χ3n) is 2.53. The van der Waals surface area contributed by atoms with Crippen LogP contribution in [-0.4, -0.2) is 40.2 Å². The van der Waals surface area contributed by atoms with E-state index in [9.17, 15) is 13.6 Å². The molecule has 2 unspecified atom stereocenters. The Morgan fingerprint density at radius 1 is 1.36 bits per heavy atom. The molecular formula is C7H11F2NO4. The molecule has 1 aliphatic carbocycles. The molecule has 0 saturated heterocycles. The van der Waals surface area contributed by atoms with Crippen molar-refractivity contribution in [2.75, 3.05) is 0 Å². The zero-order chi connectivity index (χ0) is 10.9. The standard InChI is InChI=1S/C7H11F2NO4/c8-4(11)7(5(9)12)1-3(2-7)10-6(13)14/h3-5,10-12H,1-2H2,(H,13,14). The average molecular weight is 211 g/mol. The summed E-state index contributed by atoms with van der Waals surface area (Å²) in [7, 11) is 0. The average Bonchev–Trinajstić information content (AvgIpc) is 1.93. The summed E-state index contributed by atoms with van der Waals surface area (Å²) in [5.41, 5.74) is -1.87. The summed E-state index contributed by atoms with van der Waals surface area (Å²) in [5.74, 6) is 0. The van der Waals surface area contributed by atoms with E-state index in [-0.39, 0.29) is 12.8 Å². The normalized spacial score (nSPS) is 35.6. The van der Waals surface area contributed by atoms with Crippen molar-refractivity contribution in [3.63, 3.8) is 0 Å². The van der Waals surface area contributed by atoms with Crippen molar-refractivity contribution in [3.05, 3.63) is 0 Å². The molecule has 0 aromatic carbocycles. The number of amides is 1. The van der Waals surface area contributed by atoms with Gasteiger partial charge in [-0.15, -0.1) is 0 Å². The summed E-state index contributed by atoms with van der Waals surface area (Å²) in [6.07, 6.45) is -6.79. The number of aliphatic hydroxyl groups excluding tert-OH is 2. The first-order valence-electron chi connectivity index (χ1n) is 4.02. The molecule has 0 aliphatic heterocycles. The van der Waals surface area contributed by atoms with Gasteiger partial charge in [0.15, 0.2) is 0 Å². The van der Waals surface area contributed by atoms with Crippen LogP contribution in [-0.2, 0) is 0 Å². The van der Waals surface area contributed by atoms with Crippen LogP contribution in [0, 0.1) is 5.41 Å². The second-order valence-corrected chi connectivity index (χ2v) is 3.46. The van der Waals surface area contributed by atoms with E-state index in [0.29, 0.717) is 0 Å². The molecule has 14 heavy (non-hydrogen) atoms. The summed E-state index contributed by atoms with van der Waals surface area (Å²) in [4.78, 5) is 10.1. The van der Waals surface area contributed by atoms with E-state index < -0.39 is 30.3 Å². The molecule has 0 spiro atoms. The van der Waals surface area contributed by atoms with Crippen LogP contribution >= 0.6 is 0 Å². The van der Waals surface area contributed by atoms with Crippen LogP contribution in [0.1, 0.15) is 12.8 Å². The number of rotatable bonds is 3. The van der Waals surface area contributed by atoms with E-state index in [0.717, 1.165) is 0 Å². The van der Waals surface area contributed by atoms with Gasteiger partial charge in [0.2, 0.25) is 12.7 Å². The number of carboxylic acid groups (broad SMARTS) is 1. The molecule has 7 heteroatoms. The van der Waals surface area contributed by atoms with E-state index in [1.165, 1.54) is 0 Å². The van der Waals surface area contributed by atoms with Gasteiger partial charge in [0, 0.05) is 6.04 Å². The molecule has 1 saturated carbocycles. The largest absolute Gasteiger partial charge is 0.465 e. The highest BCUT2D eigenvalue weighted by Gasteiger charge is 2.56. The maximum Gasteiger partial charge on any atom is 0.404 e. The predicted molar refractivity (Wildman–Crippen MR) is 40.8 cm³/mol. The lowest BCUT2D eigenvalue weighted by Gasteiger charge is -2.47. The number of alkyl halides is 2. The zero-order valence-corrected chi connectivity index (χ0v) is 7.15. The van der Waals surface area contributed by atoms with Gasteiger partial charge in [-0.3, -0.25) is 0 Å². The first kappa shape index (κ1) is 11.1. The number of hydrogen-bond acceptors (Lipinski definition) is 3. The Bertz CT molecular complexity index is 218. The fourth-order valence-corrected chi connectivity index (χ4v) is 1.64. The Morgan fingerprint density at radius 2 is 1.79 bits per heavy atom. The van der Waals surface area contributed by atoms with E-state index in [2.05, 4.69) is 0 Å². The van der Waals surface area contributed by atoms with Crippen molar-refractivity contribution < 1.29 is 28.9 Å². The van der Waals surface area contributed by atoms with E-state index in [1.807, 2.05) is 5.32 Å². The van der Waals surface area contributed by atoms with E-state index >= 15 is 0 Å². The molecule has 82 valence electrons. The molecule has 1 amide bonds. The summed E-state index contributed by atoms with van der Waals surface area (Å²) in [6, 6.07) is -0.622. The lowest BCUT2D eigenvalue weighted by Crippen LogP contribution is -2.58. The smallest absolute Gasteiger partial charge is 0.404 e. The lowest BCUT2D eigenvalue weighted by atomic mass is 9.65. The van der Waals surface area contributed by atoms with Gasteiger partial charge >= 0.3 is 6.09 Å². The molecule has 5 nitrogen and oxygen atoms in total. The minimum atomic E-state index is -2.49. The molecule has 0 aromatic rings. The quantitative estimate of drug-likeness (QED) is 0.528. The van der Waals surface area contributed by atoms with Gasteiger partial charge < -0.3 is 20.6 Å².